The van der Waals surface area contributed by atoms with E-state index in [1.54, 1.807) is 31.2 Å². The first kappa shape index (κ1) is 28.9. The Morgan fingerprint density at radius 3 is 2.54 bits per heavy atom. The highest BCUT2D eigenvalue weighted by Gasteiger charge is 2.38. The van der Waals surface area contributed by atoms with Crippen molar-refractivity contribution in [3.05, 3.63) is 60.5 Å². The second kappa shape index (κ2) is 12.5. The van der Waals surface area contributed by atoms with Gasteiger partial charge in [0.15, 0.2) is 16.6 Å². The number of furan rings is 1. The van der Waals surface area contributed by atoms with Crippen molar-refractivity contribution in [3.8, 4) is 0 Å². The third-order valence-corrected chi connectivity index (χ3v) is 10.0. The number of sulfonamides is 1. The van der Waals surface area contributed by atoms with E-state index in [-0.39, 0.29) is 29.7 Å². The molecule has 2 amide bonds. The summed E-state index contributed by atoms with van der Waals surface area (Å²) in [6.45, 7) is 1.38. The van der Waals surface area contributed by atoms with Crippen LogP contribution in [0.25, 0.3) is 11.0 Å². The van der Waals surface area contributed by atoms with E-state index in [4.69, 9.17) is 4.42 Å². The minimum absolute atomic E-state index is 0.113. The third kappa shape index (κ3) is 6.68. The fraction of sp³-hybridized carbons (Fsp3) is 0.467. The molecule has 1 aromatic carbocycles. The van der Waals surface area contributed by atoms with Gasteiger partial charge in [-0.15, -0.1) is 0 Å². The molecule has 0 spiro atoms. The number of rotatable bonds is 8. The second-order valence-corrected chi connectivity index (χ2v) is 12.9. The van der Waals surface area contributed by atoms with Crippen molar-refractivity contribution in [2.45, 2.75) is 81.4 Å². The molecule has 2 aliphatic rings. The first-order valence-corrected chi connectivity index (χ1v) is 15.7. The zero-order valence-corrected chi connectivity index (χ0v) is 23.9. The van der Waals surface area contributed by atoms with E-state index in [0.29, 0.717) is 18.4 Å². The lowest BCUT2D eigenvalue weighted by Gasteiger charge is -2.27. The number of para-hydroxylation sites is 1. The summed E-state index contributed by atoms with van der Waals surface area (Å²) in [5, 5.41) is 6.36. The van der Waals surface area contributed by atoms with Crippen LogP contribution in [0.2, 0.25) is 0 Å². The monoisotopic (exact) mass is 580 g/mol. The molecule has 2 aromatic heterocycles. The van der Waals surface area contributed by atoms with Crippen LogP contribution in [0.3, 0.4) is 0 Å². The Labute approximate surface area is 239 Å². The lowest BCUT2D eigenvalue weighted by molar-refractivity contribution is -0.129. The summed E-state index contributed by atoms with van der Waals surface area (Å²) < 4.78 is 33.4. The number of nitrogens with one attached hydrogen (secondary N) is 2. The van der Waals surface area contributed by atoms with E-state index >= 15 is 0 Å². The van der Waals surface area contributed by atoms with Gasteiger partial charge in [-0.05, 0) is 56.4 Å². The maximum absolute atomic E-state index is 13.6. The first-order chi connectivity index (χ1) is 19.7. The molecule has 1 aliphatic carbocycles. The van der Waals surface area contributed by atoms with Gasteiger partial charge in [0.1, 0.15) is 11.6 Å². The van der Waals surface area contributed by atoms with Crippen LogP contribution < -0.4 is 10.6 Å². The number of Topliss-reactive ketones (excluding diaryl/α,β-unsaturated/α-hetero) is 1. The molecular weight excluding hydrogens is 544 g/mol. The van der Waals surface area contributed by atoms with Gasteiger partial charge in [0.05, 0.1) is 12.6 Å². The molecule has 0 bridgehead atoms. The minimum Gasteiger partial charge on any atom is -0.451 e. The average molecular weight is 581 g/mol. The summed E-state index contributed by atoms with van der Waals surface area (Å²) in [6.07, 6.45) is 7.78. The summed E-state index contributed by atoms with van der Waals surface area (Å²) in [5.74, 6) is -0.957. The highest BCUT2D eigenvalue weighted by molar-refractivity contribution is 7.89. The number of amides is 2. The van der Waals surface area contributed by atoms with Gasteiger partial charge in [-0.3, -0.25) is 14.4 Å². The average Bonchev–Trinajstić information content (AvgIpc) is 3.37. The lowest BCUT2D eigenvalue weighted by Crippen LogP contribution is -2.53. The van der Waals surface area contributed by atoms with Gasteiger partial charge in [0.25, 0.3) is 15.9 Å². The fourth-order valence-corrected chi connectivity index (χ4v) is 7.37. The van der Waals surface area contributed by atoms with Crippen LogP contribution in [0, 0.1) is 5.92 Å². The van der Waals surface area contributed by atoms with Crippen LogP contribution in [0.5, 0.6) is 0 Å². The summed E-state index contributed by atoms with van der Waals surface area (Å²) in [7, 11) is -3.99. The Hall–Kier alpha value is -3.57. The van der Waals surface area contributed by atoms with Crippen molar-refractivity contribution in [3.63, 3.8) is 0 Å². The zero-order chi connectivity index (χ0) is 29.0. The van der Waals surface area contributed by atoms with Crippen molar-refractivity contribution in [2.75, 3.05) is 6.54 Å². The normalized spacial score (nSPS) is 21.7. The standard InChI is InChI=1S/C30H36N4O6S/c1-20-14-15-23(25(35)19-34(20)41(38,39)28-13-7-8-16-31-28)32-29(36)24(17-21-9-3-2-4-10-21)33-30(37)27-18-22-11-5-6-12-26(22)40-27/h5-8,11-13,16,18,20-21,23-24H,2-4,9-10,14-15,17,19H2,1H3,(H,32,36)(H,33,37). The van der Waals surface area contributed by atoms with Crippen LogP contribution in [-0.4, -0.2) is 60.0 Å². The molecule has 11 heteroatoms. The molecule has 3 aromatic rings. The molecule has 10 nitrogen and oxygen atoms in total. The molecule has 1 saturated carbocycles. The Balaban J connectivity index is 1.30. The van der Waals surface area contributed by atoms with E-state index in [2.05, 4.69) is 15.6 Å². The maximum atomic E-state index is 13.6. The summed E-state index contributed by atoms with van der Waals surface area (Å²) in [5.41, 5.74) is 0.578. The molecule has 3 atom stereocenters. The number of carbonyl (C=O) groups is 3. The Morgan fingerprint density at radius 1 is 1.05 bits per heavy atom. The molecule has 0 radical (unpaired) electrons. The van der Waals surface area contributed by atoms with Gasteiger partial charge in [0, 0.05) is 17.6 Å². The fourth-order valence-electron chi connectivity index (χ4n) is 5.81. The third-order valence-electron chi connectivity index (χ3n) is 8.16. The molecular formula is C30H36N4O6S. The van der Waals surface area contributed by atoms with Crippen LogP contribution in [0.15, 0.2) is 64.2 Å². The maximum Gasteiger partial charge on any atom is 0.287 e. The molecule has 218 valence electrons. The predicted octanol–water partition coefficient (Wildman–Crippen LogP) is 3.82. The number of hydrogen-bond acceptors (Lipinski definition) is 7. The quantitative estimate of drug-likeness (QED) is 0.413. The lowest BCUT2D eigenvalue weighted by atomic mass is 9.84. The minimum atomic E-state index is -3.99. The van der Waals surface area contributed by atoms with Gasteiger partial charge in [-0.2, -0.15) is 4.31 Å². The summed E-state index contributed by atoms with van der Waals surface area (Å²) in [4.78, 5) is 44.1. The Morgan fingerprint density at radius 2 is 1.80 bits per heavy atom. The van der Waals surface area contributed by atoms with E-state index < -0.39 is 45.7 Å². The molecule has 3 heterocycles. The molecule has 2 N–H and O–H groups in total. The number of aromatic nitrogens is 1. The highest BCUT2D eigenvalue weighted by Crippen LogP contribution is 2.28. The Bertz CT molecular complexity index is 1470. The van der Waals surface area contributed by atoms with Crippen molar-refractivity contribution in [1.82, 2.24) is 19.9 Å². The second-order valence-electron chi connectivity index (χ2n) is 11.1. The van der Waals surface area contributed by atoms with E-state index in [9.17, 15) is 22.8 Å². The predicted molar refractivity (Wildman–Crippen MR) is 152 cm³/mol. The summed E-state index contributed by atoms with van der Waals surface area (Å²) >= 11 is 0. The molecule has 1 saturated heterocycles. The van der Waals surface area contributed by atoms with Crippen LogP contribution >= 0.6 is 0 Å². The van der Waals surface area contributed by atoms with Crippen LogP contribution in [-0.2, 0) is 19.6 Å². The highest BCUT2D eigenvalue weighted by atomic mass is 32.2. The molecule has 5 rings (SSSR count). The van der Waals surface area contributed by atoms with E-state index in [1.807, 2.05) is 18.2 Å². The number of hydrogen-bond donors (Lipinski definition) is 2. The molecule has 2 fully saturated rings. The van der Waals surface area contributed by atoms with Crippen molar-refractivity contribution in [1.29, 1.82) is 0 Å². The number of nitrogens with zero attached hydrogens (tertiary/aromatic N) is 2. The molecule has 3 unspecified atom stereocenters. The number of ketones is 1. The van der Waals surface area contributed by atoms with Crippen LogP contribution in [0.1, 0.15) is 68.8 Å². The van der Waals surface area contributed by atoms with E-state index in [1.165, 1.54) is 12.3 Å². The van der Waals surface area contributed by atoms with Crippen molar-refractivity contribution < 1.29 is 27.2 Å². The largest absolute Gasteiger partial charge is 0.451 e. The topological polar surface area (TPSA) is 139 Å². The zero-order valence-electron chi connectivity index (χ0n) is 23.1. The van der Waals surface area contributed by atoms with Gasteiger partial charge < -0.3 is 15.1 Å². The van der Waals surface area contributed by atoms with Gasteiger partial charge in [-0.1, -0.05) is 56.4 Å². The van der Waals surface area contributed by atoms with Crippen molar-refractivity contribution >= 4 is 38.6 Å². The summed E-state index contributed by atoms with van der Waals surface area (Å²) in [6, 6.07) is 11.4. The number of carbonyl (C=O) groups excluding carboxylic acids is 3. The first-order valence-electron chi connectivity index (χ1n) is 14.3. The SMILES string of the molecule is CC1CCC(NC(=O)C(CC2CCCCC2)NC(=O)c2cc3ccccc3o2)C(=O)CN1S(=O)(=O)c1ccccn1. The van der Waals surface area contributed by atoms with Gasteiger partial charge in [-0.25, -0.2) is 13.4 Å². The molecule has 41 heavy (non-hydrogen) atoms. The van der Waals surface area contributed by atoms with Crippen LogP contribution in [0.4, 0.5) is 0 Å². The number of fused-ring (bicyclic) bond motifs is 1. The number of pyridine rings is 1. The number of benzene rings is 1. The van der Waals surface area contributed by atoms with E-state index in [0.717, 1.165) is 41.8 Å². The Kier molecular flexibility index (Phi) is 8.84. The van der Waals surface area contributed by atoms with Crippen molar-refractivity contribution in [2.24, 2.45) is 5.92 Å². The smallest absolute Gasteiger partial charge is 0.287 e. The molecule has 1 aliphatic heterocycles. The van der Waals surface area contributed by atoms with Gasteiger partial charge in [0.2, 0.25) is 5.91 Å². The van der Waals surface area contributed by atoms with Gasteiger partial charge >= 0.3 is 0 Å².